The maximum atomic E-state index is 13.1. The fraction of sp³-hybridized carbons (Fsp3) is 0.185. The van der Waals surface area contributed by atoms with Gasteiger partial charge >= 0.3 is 0 Å². The Morgan fingerprint density at radius 3 is 2.12 bits per heavy atom. The first-order valence-electron chi connectivity index (χ1n) is 10.4. The largest absolute Gasteiger partial charge is 0.395 e. The Bertz CT molecular complexity index is 1180. The summed E-state index contributed by atoms with van der Waals surface area (Å²) in [5.41, 5.74) is 7.07. The highest BCUT2D eigenvalue weighted by Gasteiger charge is 2.32. The number of nitrogens with zero attached hydrogens (tertiary/aromatic N) is 2. The molecule has 1 unspecified atom stereocenters. The van der Waals surface area contributed by atoms with Crippen LogP contribution in [0.4, 0.5) is 0 Å². The van der Waals surface area contributed by atoms with Crippen LogP contribution in [0.2, 0.25) is 0 Å². The number of benzene rings is 3. The van der Waals surface area contributed by atoms with Gasteiger partial charge in [-0.25, -0.2) is 0 Å². The minimum Gasteiger partial charge on any atom is -0.395 e. The molecule has 1 aromatic heterocycles. The molecule has 3 aromatic carbocycles. The van der Waals surface area contributed by atoms with E-state index in [1.54, 1.807) is 4.90 Å². The Kier molecular flexibility index (Phi) is 6.19. The number of rotatable bonds is 5. The van der Waals surface area contributed by atoms with E-state index in [-0.39, 0.29) is 19.9 Å². The number of aromatic nitrogens is 2. The standard InChI is InChI=1S/C26H23N3O2.CH4/c30-17-23(20-9-5-2-6-10-20)26(31)29-15-22-24(16-29)27-28-25(22)21-13-11-19(12-14-21)18-7-3-1-4-8-18;/h1-14,23,30H,15-17H2,(H,27,28);1H4. The van der Waals surface area contributed by atoms with Crippen molar-refractivity contribution in [1.82, 2.24) is 15.1 Å². The highest BCUT2D eigenvalue weighted by molar-refractivity contribution is 5.85. The lowest BCUT2D eigenvalue weighted by molar-refractivity contribution is -0.134. The van der Waals surface area contributed by atoms with E-state index in [9.17, 15) is 9.90 Å². The van der Waals surface area contributed by atoms with Crippen molar-refractivity contribution in [2.45, 2.75) is 26.4 Å². The molecular formula is C27H27N3O2. The molecule has 5 rings (SSSR count). The zero-order valence-electron chi connectivity index (χ0n) is 17.0. The average molecular weight is 426 g/mol. The van der Waals surface area contributed by atoms with Crippen LogP contribution in [0.1, 0.15) is 30.2 Å². The molecular weight excluding hydrogens is 398 g/mol. The van der Waals surface area contributed by atoms with Gasteiger partial charge in [0.25, 0.3) is 0 Å². The van der Waals surface area contributed by atoms with Crippen molar-refractivity contribution in [2.24, 2.45) is 0 Å². The summed E-state index contributed by atoms with van der Waals surface area (Å²) >= 11 is 0. The van der Waals surface area contributed by atoms with E-state index in [0.717, 1.165) is 33.6 Å². The van der Waals surface area contributed by atoms with E-state index in [1.165, 1.54) is 5.56 Å². The molecule has 32 heavy (non-hydrogen) atoms. The number of amides is 1. The Balaban J connectivity index is 0.00000245. The van der Waals surface area contributed by atoms with Gasteiger partial charge in [0.1, 0.15) is 0 Å². The van der Waals surface area contributed by atoms with E-state index >= 15 is 0 Å². The minimum atomic E-state index is -0.549. The highest BCUT2D eigenvalue weighted by atomic mass is 16.3. The van der Waals surface area contributed by atoms with Crippen LogP contribution in [0.15, 0.2) is 84.9 Å². The lowest BCUT2D eigenvalue weighted by Crippen LogP contribution is -2.32. The summed E-state index contributed by atoms with van der Waals surface area (Å²) in [5.74, 6) is -0.615. The van der Waals surface area contributed by atoms with Gasteiger partial charge in [-0.1, -0.05) is 92.4 Å². The van der Waals surface area contributed by atoms with E-state index in [4.69, 9.17) is 0 Å². The molecule has 1 amide bonds. The molecule has 4 aromatic rings. The van der Waals surface area contributed by atoms with Crippen LogP contribution >= 0.6 is 0 Å². The predicted molar refractivity (Wildman–Crippen MR) is 127 cm³/mol. The molecule has 0 aliphatic carbocycles. The van der Waals surface area contributed by atoms with Crippen molar-refractivity contribution in [3.8, 4) is 22.4 Å². The second kappa shape index (κ2) is 9.20. The Hall–Kier alpha value is -3.70. The molecule has 2 N–H and O–H groups in total. The number of carbonyl (C=O) groups is 1. The van der Waals surface area contributed by atoms with Crippen LogP contribution in [0.5, 0.6) is 0 Å². The maximum absolute atomic E-state index is 13.1. The zero-order valence-corrected chi connectivity index (χ0v) is 17.0. The number of aromatic amines is 1. The van der Waals surface area contributed by atoms with E-state index < -0.39 is 5.92 Å². The fourth-order valence-corrected chi connectivity index (χ4v) is 4.22. The smallest absolute Gasteiger partial charge is 0.233 e. The van der Waals surface area contributed by atoms with Gasteiger partial charge in [-0.15, -0.1) is 0 Å². The zero-order chi connectivity index (χ0) is 21.2. The first-order valence-corrected chi connectivity index (χ1v) is 10.4. The second-order valence-corrected chi connectivity index (χ2v) is 7.81. The molecule has 1 atom stereocenters. The SMILES string of the molecule is C.O=C(C(CO)c1ccccc1)N1Cc2[nH]nc(-c3ccc(-c4ccccc4)cc3)c2C1. The van der Waals surface area contributed by atoms with Crippen LogP contribution < -0.4 is 0 Å². The van der Waals surface area contributed by atoms with Crippen LogP contribution in [-0.2, 0) is 17.9 Å². The second-order valence-electron chi connectivity index (χ2n) is 7.81. The fourth-order valence-electron chi connectivity index (χ4n) is 4.22. The summed E-state index contributed by atoms with van der Waals surface area (Å²) < 4.78 is 0. The highest BCUT2D eigenvalue weighted by Crippen LogP contribution is 2.33. The van der Waals surface area contributed by atoms with Gasteiger partial charge in [0.15, 0.2) is 0 Å². The first kappa shape index (κ1) is 21.5. The van der Waals surface area contributed by atoms with Crippen molar-refractivity contribution in [2.75, 3.05) is 6.61 Å². The third-order valence-electron chi connectivity index (χ3n) is 5.91. The van der Waals surface area contributed by atoms with Gasteiger partial charge in [0.2, 0.25) is 5.91 Å². The Morgan fingerprint density at radius 2 is 1.47 bits per heavy atom. The Morgan fingerprint density at radius 1 is 0.875 bits per heavy atom. The molecule has 0 spiro atoms. The number of carbonyl (C=O) groups excluding carboxylic acids is 1. The van der Waals surface area contributed by atoms with Crippen molar-refractivity contribution < 1.29 is 9.90 Å². The summed E-state index contributed by atoms with van der Waals surface area (Å²) in [6.07, 6.45) is 0. The quantitative estimate of drug-likeness (QED) is 0.473. The molecule has 5 heteroatoms. The van der Waals surface area contributed by atoms with Gasteiger partial charge in [0.05, 0.1) is 37.0 Å². The molecule has 2 heterocycles. The summed E-state index contributed by atoms with van der Waals surface area (Å²) in [7, 11) is 0. The van der Waals surface area contributed by atoms with Gasteiger partial charge in [0, 0.05) is 11.1 Å². The van der Waals surface area contributed by atoms with Crippen LogP contribution in [0.25, 0.3) is 22.4 Å². The predicted octanol–water partition coefficient (Wildman–Crippen LogP) is 5.00. The van der Waals surface area contributed by atoms with Gasteiger partial charge in [-0.3, -0.25) is 9.89 Å². The summed E-state index contributed by atoms with van der Waals surface area (Å²) in [5, 5.41) is 17.5. The van der Waals surface area contributed by atoms with E-state index in [0.29, 0.717) is 13.1 Å². The summed E-state index contributed by atoms with van der Waals surface area (Å²) in [4.78, 5) is 14.9. The molecule has 0 fully saturated rings. The number of aliphatic hydroxyl groups is 1. The monoisotopic (exact) mass is 425 g/mol. The number of fused-ring (bicyclic) bond motifs is 1. The molecule has 0 bridgehead atoms. The molecule has 0 radical (unpaired) electrons. The molecule has 162 valence electrons. The van der Waals surface area contributed by atoms with Crippen molar-refractivity contribution in [3.63, 3.8) is 0 Å². The third kappa shape index (κ3) is 3.95. The maximum Gasteiger partial charge on any atom is 0.233 e. The molecule has 0 saturated heterocycles. The lowest BCUT2D eigenvalue weighted by Gasteiger charge is -2.22. The van der Waals surface area contributed by atoms with Crippen molar-refractivity contribution in [3.05, 3.63) is 102 Å². The molecule has 1 aliphatic rings. The van der Waals surface area contributed by atoms with Gasteiger partial charge in [-0.05, 0) is 16.7 Å². The normalized spacial score (nSPS) is 13.3. The topological polar surface area (TPSA) is 69.2 Å². The average Bonchev–Trinajstić information content (AvgIpc) is 3.42. The van der Waals surface area contributed by atoms with Crippen LogP contribution in [-0.4, -0.2) is 32.7 Å². The number of aliphatic hydroxyl groups excluding tert-OH is 1. The number of hydrogen-bond acceptors (Lipinski definition) is 3. The molecule has 0 saturated carbocycles. The van der Waals surface area contributed by atoms with E-state index in [1.807, 2.05) is 48.5 Å². The molecule has 1 aliphatic heterocycles. The summed E-state index contributed by atoms with van der Waals surface area (Å²) in [6.45, 7) is 0.760. The van der Waals surface area contributed by atoms with Crippen molar-refractivity contribution in [1.29, 1.82) is 0 Å². The van der Waals surface area contributed by atoms with Crippen molar-refractivity contribution >= 4 is 5.91 Å². The van der Waals surface area contributed by atoms with Crippen LogP contribution in [0, 0.1) is 0 Å². The lowest BCUT2D eigenvalue weighted by atomic mass is 9.98. The Labute approximate surface area is 188 Å². The number of H-pyrrole nitrogens is 1. The molecule has 5 nitrogen and oxygen atoms in total. The van der Waals surface area contributed by atoms with Crippen LogP contribution in [0.3, 0.4) is 0 Å². The summed E-state index contributed by atoms with van der Waals surface area (Å²) in [6, 6.07) is 28.1. The number of hydrogen-bond donors (Lipinski definition) is 2. The first-order chi connectivity index (χ1) is 15.2. The number of nitrogens with one attached hydrogen (secondary N) is 1. The van der Waals surface area contributed by atoms with Gasteiger partial charge in [-0.2, -0.15) is 5.10 Å². The van der Waals surface area contributed by atoms with E-state index in [2.05, 4.69) is 46.6 Å². The third-order valence-corrected chi connectivity index (χ3v) is 5.91. The minimum absolute atomic E-state index is 0. The van der Waals surface area contributed by atoms with Gasteiger partial charge < -0.3 is 10.0 Å².